The smallest absolute Gasteiger partial charge is 0.208 e. The second-order valence-electron chi connectivity index (χ2n) is 4.14. The van der Waals surface area contributed by atoms with Crippen molar-refractivity contribution in [2.45, 2.75) is 9.79 Å². The number of hydrogen-bond donors (Lipinski definition) is 1. The molecule has 0 saturated heterocycles. The van der Waals surface area contributed by atoms with E-state index in [4.69, 9.17) is 0 Å². The third kappa shape index (κ3) is 2.19. The van der Waals surface area contributed by atoms with Crippen LogP contribution in [0.5, 0.6) is 0 Å². The lowest BCUT2D eigenvalue weighted by Crippen LogP contribution is -2.04. The maximum Gasteiger partial charge on any atom is 0.208 e. The molecule has 4 nitrogen and oxygen atoms in total. The van der Waals surface area contributed by atoms with Gasteiger partial charge in [-0.05, 0) is 40.2 Å². The van der Waals surface area contributed by atoms with Crippen molar-refractivity contribution in [2.75, 3.05) is 0 Å². The number of sulfone groups is 1. The maximum absolute atomic E-state index is 12.8. The number of hydrogen-bond acceptors (Lipinski definition) is 3. The quantitative estimate of drug-likeness (QED) is 0.689. The molecule has 0 radical (unpaired) electrons. The number of pyridine rings is 1. The molecular weight excluding hydrogens is 408 g/mol. The van der Waals surface area contributed by atoms with Crippen LogP contribution in [0.4, 0.5) is 0 Å². The molecule has 0 aliphatic heterocycles. The molecule has 102 valence electrons. The minimum absolute atomic E-state index is 0.224. The van der Waals surface area contributed by atoms with E-state index in [0.29, 0.717) is 20.0 Å². The lowest BCUT2D eigenvalue weighted by molar-refractivity contribution is 0.596. The highest BCUT2D eigenvalue weighted by atomic mass is 79.9. The van der Waals surface area contributed by atoms with Crippen molar-refractivity contribution in [3.05, 3.63) is 51.7 Å². The topological polar surface area (TPSA) is 62.8 Å². The average Bonchev–Trinajstić information content (AvgIpc) is 2.86. The standard InChI is InChI=1S/C13H8Br2N2O2S/c14-8-2-1-3-9(6-8)20(18,19)12-10-4-5-16-13(10)17-7-11(12)15/h1-7H,(H,16,17). The van der Waals surface area contributed by atoms with Gasteiger partial charge in [-0.3, -0.25) is 0 Å². The molecule has 0 atom stereocenters. The van der Waals surface area contributed by atoms with Crippen LogP contribution in [0.15, 0.2) is 61.5 Å². The van der Waals surface area contributed by atoms with E-state index in [9.17, 15) is 8.42 Å². The van der Waals surface area contributed by atoms with Gasteiger partial charge in [-0.15, -0.1) is 0 Å². The maximum atomic E-state index is 12.8. The van der Waals surface area contributed by atoms with Crippen LogP contribution >= 0.6 is 31.9 Å². The van der Waals surface area contributed by atoms with Crippen molar-refractivity contribution in [3.8, 4) is 0 Å². The van der Waals surface area contributed by atoms with Gasteiger partial charge in [0.25, 0.3) is 0 Å². The molecule has 0 fully saturated rings. The highest BCUT2D eigenvalue weighted by molar-refractivity contribution is 9.10. The molecule has 20 heavy (non-hydrogen) atoms. The molecule has 0 amide bonds. The van der Waals surface area contributed by atoms with E-state index in [2.05, 4.69) is 41.8 Å². The number of aromatic nitrogens is 2. The highest BCUT2D eigenvalue weighted by Crippen LogP contribution is 2.33. The molecule has 0 spiro atoms. The van der Waals surface area contributed by atoms with Gasteiger partial charge in [0.05, 0.1) is 14.3 Å². The first-order valence-corrected chi connectivity index (χ1v) is 8.69. The minimum Gasteiger partial charge on any atom is -0.346 e. The fourth-order valence-corrected chi connectivity index (χ4v) is 5.03. The van der Waals surface area contributed by atoms with Crippen molar-refractivity contribution in [1.82, 2.24) is 9.97 Å². The summed E-state index contributed by atoms with van der Waals surface area (Å²) in [4.78, 5) is 7.53. The van der Waals surface area contributed by atoms with Crippen LogP contribution in [-0.4, -0.2) is 18.4 Å². The van der Waals surface area contributed by atoms with Gasteiger partial charge in [0, 0.05) is 22.3 Å². The summed E-state index contributed by atoms with van der Waals surface area (Å²) in [5.41, 5.74) is 0.543. The summed E-state index contributed by atoms with van der Waals surface area (Å²) in [6.07, 6.45) is 3.16. The molecule has 3 aromatic rings. The first-order valence-electron chi connectivity index (χ1n) is 5.62. The molecule has 3 rings (SSSR count). The number of halogens is 2. The number of nitrogens with zero attached hydrogens (tertiary/aromatic N) is 1. The average molecular weight is 416 g/mol. The number of rotatable bonds is 2. The van der Waals surface area contributed by atoms with Crippen molar-refractivity contribution < 1.29 is 8.42 Å². The van der Waals surface area contributed by atoms with Crippen LogP contribution in [0.3, 0.4) is 0 Å². The van der Waals surface area contributed by atoms with Gasteiger partial charge >= 0.3 is 0 Å². The van der Waals surface area contributed by atoms with E-state index < -0.39 is 9.84 Å². The van der Waals surface area contributed by atoms with Crippen molar-refractivity contribution in [1.29, 1.82) is 0 Å². The molecule has 0 unspecified atom stereocenters. The van der Waals surface area contributed by atoms with Gasteiger partial charge in [0.1, 0.15) is 5.65 Å². The van der Waals surface area contributed by atoms with Crippen LogP contribution in [0.2, 0.25) is 0 Å². The molecule has 0 saturated carbocycles. The minimum atomic E-state index is -3.63. The molecule has 7 heteroatoms. The molecule has 2 heterocycles. The van der Waals surface area contributed by atoms with E-state index >= 15 is 0 Å². The van der Waals surface area contributed by atoms with Crippen LogP contribution in [-0.2, 0) is 9.84 Å². The predicted molar refractivity (Wildman–Crippen MR) is 83.4 cm³/mol. The first kappa shape index (κ1) is 13.8. The third-order valence-electron chi connectivity index (χ3n) is 2.87. The number of benzene rings is 1. The van der Waals surface area contributed by atoms with Gasteiger partial charge < -0.3 is 4.98 Å². The molecule has 0 aliphatic carbocycles. The SMILES string of the molecule is O=S(=O)(c1cccc(Br)c1)c1c(Br)cnc2[nH]ccc12. The Morgan fingerprint density at radius 1 is 1.15 bits per heavy atom. The lowest BCUT2D eigenvalue weighted by Gasteiger charge is -2.08. The number of H-pyrrole nitrogens is 1. The largest absolute Gasteiger partial charge is 0.346 e. The Hall–Kier alpha value is -1.18. The number of fused-ring (bicyclic) bond motifs is 1. The normalized spacial score (nSPS) is 11.9. The molecule has 1 aromatic carbocycles. The summed E-state index contributed by atoms with van der Waals surface area (Å²) in [6, 6.07) is 8.34. The van der Waals surface area contributed by atoms with E-state index in [1.54, 1.807) is 36.5 Å². The Bertz CT molecular complexity index is 904. The fraction of sp³-hybridized carbons (Fsp3) is 0. The van der Waals surface area contributed by atoms with Gasteiger partial charge in [0.2, 0.25) is 9.84 Å². The summed E-state index contributed by atoms with van der Waals surface area (Å²) >= 11 is 6.58. The second kappa shape index (κ2) is 4.98. The van der Waals surface area contributed by atoms with Crippen molar-refractivity contribution >= 4 is 52.7 Å². The predicted octanol–water partition coefficient (Wildman–Crippen LogP) is 3.92. The summed E-state index contributed by atoms with van der Waals surface area (Å²) < 4.78 is 26.8. The summed E-state index contributed by atoms with van der Waals surface area (Å²) in [5.74, 6) is 0. The Balaban J connectivity index is 2.34. The Labute approximate surface area is 132 Å². The molecule has 0 bridgehead atoms. The zero-order chi connectivity index (χ0) is 14.3. The summed E-state index contributed by atoms with van der Waals surface area (Å²) in [5, 5.41) is 0.569. The van der Waals surface area contributed by atoms with Crippen molar-refractivity contribution in [3.63, 3.8) is 0 Å². The summed E-state index contributed by atoms with van der Waals surface area (Å²) in [7, 11) is -3.63. The lowest BCUT2D eigenvalue weighted by atomic mass is 10.3. The van der Waals surface area contributed by atoms with Crippen molar-refractivity contribution in [2.24, 2.45) is 0 Å². The molecule has 0 aliphatic rings. The van der Waals surface area contributed by atoms with Crippen LogP contribution in [0.1, 0.15) is 0 Å². The Morgan fingerprint density at radius 3 is 2.70 bits per heavy atom. The monoisotopic (exact) mass is 414 g/mol. The zero-order valence-corrected chi connectivity index (χ0v) is 14.0. The second-order valence-corrected chi connectivity index (χ2v) is 7.79. The number of aromatic amines is 1. The van der Waals surface area contributed by atoms with Gasteiger partial charge in [0.15, 0.2) is 0 Å². The van der Waals surface area contributed by atoms with E-state index in [0.717, 1.165) is 0 Å². The van der Waals surface area contributed by atoms with E-state index in [1.165, 1.54) is 6.20 Å². The molecular formula is C13H8Br2N2O2S. The van der Waals surface area contributed by atoms with Crippen LogP contribution < -0.4 is 0 Å². The molecule has 2 aromatic heterocycles. The number of nitrogens with one attached hydrogen (secondary N) is 1. The molecule has 1 N–H and O–H groups in total. The van der Waals surface area contributed by atoms with Crippen LogP contribution in [0, 0.1) is 0 Å². The van der Waals surface area contributed by atoms with Crippen LogP contribution in [0.25, 0.3) is 11.0 Å². The first-order chi connectivity index (χ1) is 9.50. The van der Waals surface area contributed by atoms with Gasteiger partial charge in [-0.1, -0.05) is 22.0 Å². The fourth-order valence-electron chi connectivity index (χ4n) is 1.98. The van der Waals surface area contributed by atoms with Gasteiger partial charge in [-0.2, -0.15) is 0 Å². The van der Waals surface area contributed by atoms with E-state index in [-0.39, 0.29) is 9.79 Å². The summed E-state index contributed by atoms with van der Waals surface area (Å²) in [6.45, 7) is 0. The van der Waals surface area contributed by atoms with Gasteiger partial charge in [-0.25, -0.2) is 13.4 Å². The Morgan fingerprint density at radius 2 is 1.95 bits per heavy atom. The van der Waals surface area contributed by atoms with E-state index in [1.807, 2.05) is 0 Å². The third-order valence-corrected chi connectivity index (χ3v) is 6.08. The Kier molecular flexibility index (Phi) is 3.43. The highest BCUT2D eigenvalue weighted by Gasteiger charge is 2.24. The zero-order valence-electron chi connectivity index (χ0n) is 9.97.